The van der Waals surface area contributed by atoms with Crippen LogP contribution in [0.15, 0.2) is 29.7 Å². The van der Waals surface area contributed by atoms with Crippen LogP contribution in [0, 0.1) is 0 Å². The van der Waals surface area contributed by atoms with E-state index in [9.17, 15) is 0 Å². The number of aromatic amines is 1. The van der Waals surface area contributed by atoms with Gasteiger partial charge < -0.3 is 14.8 Å². The molecule has 2 N–H and O–H groups in total. The minimum Gasteiger partial charge on any atom is -0.497 e. The highest BCUT2D eigenvalue weighted by molar-refractivity contribution is 7.99. The zero-order valence-electron chi connectivity index (χ0n) is 12.4. The second-order valence-electron chi connectivity index (χ2n) is 4.32. The van der Waals surface area contributed by atoms with E-state index in [0.717, 1.165) is 34.5 Å². The number of thioether (sulfide) groups is 1. The third-order valence-electron chi connectivity index (χ3n) is 3.05. The number of methoxy groups -OCH3 is 2. The summed E-state index contributed by atoms with van der Waals surface area (Å²) in [6.07, 6.45) is 1.51. The minimum absolute atomic E-state index is 0.158. The third kappa shape index (κ3) is 4.12. The lowest BCUT2D eigenvalue weighted by Crippen LogP contribution is -2.23. The summed E-state index contributed by atoms with van der Waals surface area (Å²) in [5, 5.41) is 11.0. The molecule has 1 unspecified atom stereocenters. The van der Waals surface area contributed by atoms with E-state index in [0.29, 0.717) is 0 Å². The molecule has 114 valence electrons. The third-order valence-corrected chi connectivity index (χ3v) is 4.02. The first-order valence-electron chi connectivity index (χ1n) is 6.72. The zero-order chi connectivity index (χ0) is 15.1. The van der Waals surface area contributed by atoms with Gasteiger partial charge in [-0.25, -0.2) is 4.98 Å². The number of hydrogen-bond donors (Lipinski definition) is 2. The molecule has 2 aromatic rings. The average molecular weight is 308 g/mol. The topological polar surface area (TPSA) is 72.1 Å². The normalized spacial score (nSPS) is 12.1. The van der Waals surface area contributed by atoms with Crippen LogP contribution in [-0.4, -0.2) is 41.7 Å². The average Bonchev–Trinajstić information content (AvgIpc) is 3.04. The van der Waals surface area contributed by atoms with E-state index >= 15 is 0 Å². The van der Waals surface area contributed by atoms with Gasteiger partial charge in [-0.2, -0.15) is 5.10 Å². The molecule has 1 aromatic carbocycles. The molecule has 0 aliphatic carbocycles. The van der Waals surface area contributed by atoms with Gasteiger partial charge in [0.25, 0.3) is 0 Å². The predicted molar refractivity (Wildman–Crippen MR) is 83.1 cm³/mol. The lowest BCUT2D eigenvalue weighted by Gasteiger charge is -2.20. The lowest BCUT2D eigenvalue weighted by atomic mass is 10.1. The van der Waals surface area contributed by atoms with Gasteiger partial charge in [0.05, 0.1) is 14.2 Å². The summed E-state index contributed by atoms with van der Waals surface area (Å²) in [5.74, 6) is 2.43. The van der Waals surface area contributed by atoms with E-state index in [1.165, 1.54) is 6.33 Å². The van der Waals surface area contributed by atoms with Crippen molar-refractivity contribution in [2.45, 2.75) is 18.1 Å². The quantitative estimate of drug-likeness (QED) is 0.729. The van der Waals surface area contributed by atoms with E-state index in [-0.39, 0.29) is 6.04 Å². The number of rotatable bonds is 8. The fourth-order valence-electron chi connectivity index (χ4n) is 2.04. The molecule has 0 amide bonds. The van der Waals surface area contributed by atoms with Crippen molar-refractivity contribution < 1.29 is 9.47 Å². The summed E-state index contributed by atoms with van der Waals surface area (Å²) >= 11 is 1.62. The van der Waals surface area contributed by atoms with Gasteiger partial charge in [0.2, 0.25) is 0 Å². The summed E-state index contributed by atoms with van der Waals surface area (Å²) in [6.45, 7) is 2.96. The number of hydrogen-bond acceptors (Lipinski definition) is 6. The summed E-state index contributed by atoms with van der Waals surface area (Å²) in [6, 6.07) is 6.04. The van der Waals surface area contributed by atoms with E-state index in [1.807, 2.05) is 18.2 Å². The summed E-state index contributed by atoms with van der Waals surface area (Å²) < 4.78 is 10.7. The standard InChI is InChI=1S/C14H20N4O2S/c1-4-15-12(8-21-14-16-9-17-18-14)11-6-5-10(19-2)7-13(11)20-3/h5-7,9,12,15H,4,8H2,1-3H3,(H,16,17,18). The number of nitrogens with one attached hydrogen (secondary N) is 2. The smallest absolute Gasteiger partial charge is 0.183 e. The fraction of sp³-hybridized carbons (Fsp3) is 0.429. The maximum atomic E-state index is 5.49. The molecule has 0 spiro atoms. The van der Waals surface area contributed by atoms with Crippen molar-refractivity contribution in [2.24, 2.45) is 0 Å². The molecule has 6 nitrogen and oxygen atoms in total. The van der Waals surface area contributed by atoms with E-state index in [1.54, 1.807) is 26.0 Å². The highest BCUT2D eigenvalue weighted by Crippen LogP contribution is 2.32. The molecule has 0 radical (unpaired) electrons. The van der Waals surface area contributed by atoms with Gasteiger partial charge in [0.15, 0.2) is 5.16 Å². The number of aromatic nitrogens is 3. The molecule has 1 atom stereocenters. The Morgan fingerprint density at radius 2 is 2.19 bits per heavy atom. The monoisotopic (exact) mass is 308 g/mol. The van der Waals surface area contributed by atoms with Gasteiger partial charge in [0.1, 0.15) is 17.8 Å². The van der Waals surface area contributed by atoms with Crippen molar-refractivity contribution in [1.29, 1.82) is 0 Å². The van der Waals surface area contributed by atoms with Gasteiger partial charge in [0, 0.05) is 23.4 Å². The number of ether oxygens (including phenoxy) is 2. The largest absolute Gasteiger partial charge is 0.497 e. The van der Waals surface area contributed by atoms with Crippen molar-refractivity contribution in [3.63, 3.8) is 0 Å². The molecule has 0 bridgehead atoms. The summed E-state index contributed by atoms with van der Waals surface area (Å²) in [7, 11) is 3.32. The van der Waals surface area contributed by atoms with Crippen LogP contribution >= 0.6 is 11.8 Å². The number of benzene rings is 1. The van der Waals surface area contributed by atoms with Crippen LogP contribution in [-0.2, 0) is 0 Å². The highest BCUT2D eigenvalue weighted by Gasteiger charge is 2.17. The first kappa shape index (κ1) is 15.7. The first-order valence-corrected chi connectivity index (χ1v) is 7.70. The molecule has 21 heavy (non-hydrogen) atoms. The van der Waals surface area contributed by atoms with Gasteiger partial charge in [-0.15, -0.1) is 0 Å². The molecule has 0 saturated carbocycles. The Kier molecular flexibility index (Phi) is 5.89. The summed E-state index contributed by atoms with van der Waals surface area (Å²) in [4.78, 5) is 4.13. The van der Waals surface area contributed by atoms with Crippen LogP contribution in [0.5, 0.6) is 11.5 Å². The van der Waals surface area contributed by atoms with Crippen molar-refractivity contribution in [3.05, 3.63) is 30.1 Å². The Balaban J connectivity index is 2.16. The zero-order valence-corrected chi connectivity index (χ0v) is 13.2. The fourth-order valence-corrected chi connectivity index (χ4v) is 2.90. The van der Waals surface area contributed by atoms with Gasteiger partial charge >= 0.3 is 0 Å². The number of nitrogens with zero attached hydrogens (tertiary/aromatic N) is 2. The molecule has 1 aromatic heterocycles. The second kappa shape index (κ2) is 7.90. The molecule has 0 aliphatic rings. The second-order valence-corrected chi connectivity index (χ2v) is 5.33. The van der Waals surface area contributed by atoms with E-state index in [2.05, 4.69) is 27.4 Å². The van der Waals surface area contributed by atoms with Crippen LogP contribution in [0.2, 0.25) is 0 Å². The van der Waals surface area contributed by atoms with E-state index < -0.39 is 0 Å². The molecule has 0 fully saturated rings. The molecule has 7 heteroatoms. The van der Waals surface area contributed by atoms with Gasteiger partial charge in [-0.1, -0.05) is 24.8 Å². The Morgan fingerprint density at radius 3 is 2.81 bits per heavy atom. The van der Waals surface area contributed by atoms with Crippen LogP contribution in [0.1, 0.15) is 18.5 Å². The van der Waals surface area contributed by atoms with Crippen molar-refractivity contribution in [3.8, 4) is 11.5 Å². The maximum absolute atomic E-state index is 5.49. The summed E-state index contributed by atoms with van der Waals surface area (Å²) in [5.41, 5.74) is 1.10. The Hall–Kier alpha value is -1.73. The van der Waals surface area contributed by atoms with Crippen LogP contribution in [0.4, 0.5) is 0 Å². The number of H-pyrrole nitrogens is 1. The molecule has 1 heterocycles. The van der Waals surface area contributed by atoms with Crippen molar-refractivity contribution in [2.75, 3.05) is 26.5 Å². The van der Waals surface area contributed by atoms with Crippen molar-refractivity contribution in [1.82, 2.24) is 20.5 Å². The van der Waals surface area contributed by atoms with Gasteiger partial charge in [-0.3, -0.25) is 5.10 Å². The van der Waals surface area contributed by atoms with E-state index in [4.69, 9.17) is 9.47 Å². The Labute approximate surface area is 128 Å². The van der Waals surface area contributed by atoms with Crippen LogP contribution in [0.3, 0.4) is 0 Å². The molecule has 0 aliphatic heterocycles. The molecule has 2 rings (SSSR count). The lowest BCUT2D eigenvalue weighted by molar-refractivity contribution is 0.386. The molecule has 0 saturated heterocycles. The van der Waals surface area contributed by atoms with Gasteiger partial charge in [-0.05, 0) is 12.6 Å². The van der Waals surface area contributed by atoms with Crippen LogP contribution < -0.4 is 14.8 Å². The molecular weight excluding hydrogens is 288 g/mol. The first-order chi connectivity index (χ1) is 10.3. The maximum Gasteiger partial charge on any atom is 0.183 e. The minimum atomic E-state index is 0.158. The Morgan fingerprint density at radius 1 is 1.33 bits per heavy atom. The Bertz CT molecular complexity index is 548. The SMILES string of the molecule is CCNC(CSc1ncn[nH]1)c1ccc(OC)cc1OC. The highest BCUT2D eigenvalue weighted by atomic mass is 32.2. The molecular formula is C14H20N4O2S. The predicted octanol–water partition coefficient (Wildman–Crippen LogP) is 2.26. The van der Waals surface area contributed by atoms with Crippen LogP contribution in [0.25, 0.3) is 0 Å². The van der Waals surface area contributed by atoms with Crippen molar-refractivity contribution >= 4 is 11.8 Å².